The van der Waals surface area contributed by atoms with E-state index in [9.17, 15) is 38.4 Å². The molecule has 5 aromatic rings. The number of likely N-dealkylation sites (tertiary alicyclic amines) is 2. The Morgan fingerprint density at radius 2 is 0.845 bits per heavy atom. The van der Waals surface area contributed by atoms with E-state index in [1.807, 2.05) is 163 Å². The van der Waals surface area contributed by atoms with E-state index in [0.29, 0.717) is 5.56 Å². The van der Waals surface area contributed by atoms with Crippen LogP contribution >= 0.6 is 0 Å². The monoisotopic (exact) mass is 1140 g/mol. The van der Waals surface area contributed by atoms with Gasteiger partial charge in [0.2, 0.25) is 35.4 Å². The highest BCUT2D eigenvalue weighted by Crippen LogP contribution is 2.33. The van der Waals surface area contributed by atoms with Crippen LogP contribution in [0.4, 0.5) is 0 Å². The molecule has 17 nitrogen and oxygen atoms in total. The number of Topliss-reactive ketones (excluding diaryl/α,β-unsaturated/α-hetero) is 1. The van der Waals surface area contributed by atoms with Gasteiger partial charge in [-0.1, -0.05) is 175 Å². The van der Waals surface area contributed by atoms with Crippen molar-refractivity contribution in [2.45, 2.75) is 129 Å². The second-order valence-electron chi connectivity index (χ2n) is 24.6. The number of nitrogens with one attached hydrogen (secondary N) is 7. The van der Waals surface area contributed by atoms with Gasteiger partial charge in [0.1, 0.15) is 24.2 Å². The lowest BCUT2D eigenvalue weighted by Crippen LogP contribution is -2.59. The maximum absolute atomic E-state index is 14.8. The number of amides is 7. The highest BCUT2D eigenvalue weighted by molar-refractivity contribution is 6.00. The fourth-order valence-corrected chi connectivity index (χ4v) is 11.1. The van der Waals surface area contributed by atoms with Crippen LogP contribution in [0.2, 0.25) is 0 Å². The second kappa shape index (κ2) is 28.5. The summed E-state index contributed by atoms with van der Waals surface area (Å²) in [5.74, 6) is -3.91. The Labute approximate surface area is 495 Å². The van der Waals surface area contributed by atoms with Crippen LogP contribution < -0.4 is 37.2 Å². The molecule has 0 spiro atoms. The van der Waals surface area contributed by atoms with Gasteiger partial charge in [0.05, 0.1) is 12.1 Å². The molecule has 17 heteroatoms. The van der Waals surface area contributed by atoms with Crippen LogP contribution in [-0.4, -0.2) is 140 Å². The van der Waals surface area contributed by atoms with E-state index in [0.717, 1.165) is 22.3 Å². The summed E-state index contributed by atoms with van der Waals surface area (Å²) < 4.78 is 0. The molecule has 2 aliphatic rings. The molecule has 7 N–H and O–H groups in total. The zero-order chi connectivity index (χ0) is 60.9. The van der Waals surface area contributed by atoms with E-state index >= 15 is 0 Å². The van der Waals surface area contributed by atoms with Crippen LogP contribution in [0.3, 0.4) is 0 Å². The molecule has 84 heavy (non-hydrogen) atoms. The predicted octanol–water partition coefficient (Wildman–Crippen LogP) is 6.35. The van der Waals surface area contributed by atoms with Gasteiger partial charge in [0.15, 0.2) is 5.78 Å². The Morgan fingerprint density at radius 1 is 0.488 bits per heavy atom. The highest BCUT2D eigenvalue weighted by atomic mass is 16.2. The molecule has 2 heterocycles. The first kappa shape index (κ1) is 63.6. The summed E-state index contributed by atoms with van der Waals surface area (Å²) in [5.41, 5.74) is 3.09. The van der Waals surface area contributed by atoms with Crippen molar-refractivity contribution in [3.8, 4) is 0 Å². The first-order valence-electron chi connectivity index (χ1n) is 29.2. The third kappa shape index (κ3) is 16.2. The summed E-state index contributed by atoms with van der Waals surface area (Å²) in [6, 6.07) is 39.9. The maximum atomic E-state index is 14.8. The summed E-state index contributed by atoms with van der Waals surface area (Å²) >= 11 is 0. The lowest BCUT2D eigenvalue weighted by atomic mass is 9.85. The Balaban J connectivity index is 1.07. The minimum Gasteiger partial charge on any atom is -0.353 e. The lowest BCUT2D eigenvalue weighted by Gasteiger charge is -2.36. The molecular weight excluding hydrogens is 1060 g/mol. The molecule has 8 atom stereocenters. The van der Waals surface area contributed by atoms with Crippen LogP contribution in [0.5, 0.6) is 0 Å². The van der Waals surface area contributed by atoms with Crippen molar-refractivity contribution >= 4 is 47.1 Å². The van der Waals surface area contributed by atoms with Crippen LogP contribution in [0.1, 0.15) is 129 Å². The summed E-state index contributed by atoms with van der Waals surface area (Å²) in [5, 5.41) is 21.0. The zero-order valence-electron chi connectivity index (χ0n) is 50.2. The fourth-order valence-electron chi connectivity index (χ4n) is 11.1. The van der Waals surface area contributed by atoms with Gasteiger partial charge in [0.25, 0.3) is 5.91 Å². The normalized spacial score (nSPS) is 18.5. The quantitative estimate of drug-likeness (QED) is 0.0359. The van der Waals surface area contributed by atoms with E-state index in [2.05, 4.69) is 37.2 Å². The van der Waals surface area contributed by atoms with Crippen molar-refractivity contribution in [3.05, 3.63) is 179 Å². The van der Waals surface area contributed by atoms with Gasteiger partial charge in [-0.3, -0.25) is 38.4 Å². The van der Waals surface area contributed by atoms with Crippen molar-refractivity contribution < 1.29 is 38.4 Å². The van der Waals surface area contributed by atoms with Crippen LogP contribution in [0.25, 0.3) is 0 Å². The lowest BCUT2D eigenvalue weighted by molar-refractivity contribution is -0.144. The van der Waals surface area contributed by atoms with Crippen molar-refractivity contribution in [2.24, 2.45) is 16.7 Å². The van der Waals surface area contributed by atoms with Gasteiger partial charge in [-0.2, -0.15) is 0 Å². The Morgan fingerprint density at radius 3 is 1.21 bits per heavy atom. The van der Waals surface area contributed by atoms with Gasteiger partial charge in [-0.25, -0.2) is 0 Å². The average molecular weight is 1140 g/mol. The molecule has 7 rings (SSSR count). The number of carbonyl (C=O) groups is 8. The molecule has 0 radical (unpaired) electrons. The first-order valence-corrected chi connectivity index (χ1v) is 29.2. The van der Waals surface area contributed by atoms with Crippen LogP contribution in [0, 0.1) is 16.7 Å². The van der Waals surface area contributed by atoms with E-state index < -0.39 is 82.7 Å². The van der Waals surface area contributed by atoms with E-state index in [1.165, 1.54) is 9.80 Å². The molecule has 446 valence electrons. The molecule has 7 amide bonds. The summed E-state index contributed by atoms with van der Waals surface area (Å²) in [6.07, 6.45) is 0.286. The topological polar surface area (TPSA) is 227 Å². The zero-order valence-corrected chi connectivity index (χ0v) is 50.2. The Kier molecular flexibility index (Phi) is 21.6. The summed E-state index contributed by atoms with van der Waals surface area (Å²) in [4.78, 5) is 116. The van der Waals surface area contributed by atoms with Crippen LogP contribution in [0.15, 0.2) is 146 Å². The van der Waals surface area contributed by atoms with Crippen molar-refractivity contribution in [3.63, 3.8) is 0 Å². The SMILES string of the molecule is CN[C@@H](C)C(=O)N[C@H](C(=O)N1C[C@@H](CC(=O)c2ccc(C(=O)N[C@H]3C[C@@H](C(=O)NCC(c4ccccc4)c4ccccc4)N(C(=O)[C@@H](NC(=O)[C@H](C)NC)C(C)(C)C)C3)cc2)C[C@H]1C(=O)NCC(c1ccccc1)c1ccccc1)C(C)(C)C. The Hall–Kier alpha value is -8.02. The van der Waals surface area contributed by atoms with Gasteiger partial charge in [0, 0.05) is 61.6 Å². The molecule has 0 aromatic heterocycles. The first-order chi connectivity index (χ1) is 40.0. The number of hydrogen-bond acceptors (Lipinski definition) is 10. The van der Waals surface area contributed by atoms with E-state index in [4.69, 9.17) is 0 Å². The molecule has 0 aliphatic carbocycles. The molecule has 0 bridgehead atoms. The number of ketones is 1. The minimum absolute atomic E-state index is 0.00416. The van der Waals surface area contributed by atoms with E-state index in [-0.39, 0.29) is 86.3 Å². The smallest absolute Gasteiger partial charge is 0.251 e. The molecule has 2 fully saturated rings. The molecule has 0 saturated carbocycles. The van der Waals surface area contributed by atoms with Crippen molar-refractivity contribution in [2.75, 3.05) is 40.3 Å². The van der Waals surface area contributed by atoms with Gasteiger partial charge in [-0.15, -0.1) is 0 Å². The standard InChI is InChI=1S/C67H85N9O8/c1-42(68-9)59(78)73-57(66(3,4)5)64(83)75-40-44(35-54(75)62(81)70-38-52(45-23-15-11-16-24-45)46-25-17-12-18-26-46)36-56(77)49-31-33-50(34-32-49)61(80)72-51-37-55(76(41-51)65(84)58(67(6,7)8)74-60(79)43(2)69-10)63(82)71-39-53(47-27-19-13-20-28-47)48-29-21-14-22-30-48/h11-34,42-44,51-55,57-58,68-69H,35-41H2,1-10H3,(H,70,81)(H,71,82)(H,72,80)(H,73,78)(H,74,79)/t42-,43-,44+,51-,54-,55-,57+,58+/m0/s1. The van der Waals surface area contributed by atoms with E-state index in [1.54, 1.807) is 52.2 Å². The third-order valence-corrected chi connectivity index (χ3v) is 16.4. The largest absolute Gasteiger partial charge is 0.353 e. The van der Waals surface area contributed by atoms with Crippen LogP contribution in [-0.2, 0) is 28.8 Å². The number of carbonyl (C=O) groups excluding carboxylic acids is 8. The fraction of sp³-hybridized carbons (Fsp3) is 0.433. The Bertz CT molecular complexity index is 2770. The van der Waals surface area contributed by atoms with Gasteiger partial charge >= 0.3 is 0 Å². The predicted molar refractivity (Wildman–Crippen MR) is 326 cm³/mol. The van der Waals surface area contributed by atoms with Gasteiger partial charge in [-0.05, 0) is 91.9 Å². The molecule has 2 aliphatic heterocycles. The second-order valence-corrected chi connectivity index (χ2v) is 24.6. The molecule has 5 aromatic carbocycles. The number of hydrogen-bond donors (Lipinski definition) is 7. The summed E-state index contributed by atoms with van der Waals surface area (Å²) in [7, 11) is 3.31. The molecule has 2 saturated heterocycles. The number of rotatable bonds is 23. The molecule has 0 unspecified atom stereocenters. The minimum atomic E-state index is -1.01. The third-order valence-electron chi connectivity index (χ3n) is 16.4. The summed E-state index contributed by atoms with van der Waals surface area (Å²) in [6.45, 7) is 15.0. The van der Waals surface area contributed by atoms with Crippen molar-refractivity contribution in [1.82, 2.24) is 47.0 Å². The number of likely N-dealkylation sites (N-methyl/N-ethyl adjacent to an activating group) is 2. The van der Waals surface area contributed by atoms with Crippen molar-refractivity contribution in [1.29, 1.82) is 0 Å². The number of nitrogens with zero attached hydrogens (tertiary/aromatic N) is 2. The number of benzene rings is 5. The highest BCUT2D eigenvalue weighted by Gasteiger charge is 2.47. The maximum Gasteiger partial charge on any atom is 0.251 e. The average Bonchev–Trinajstić information content (AvgIpc) is 4.05. The van der Waals surface area contributed by atoms with Gasteiger partial charge < -0.3 is 47.0 Å². The molecular formula is C67H85N9O8.